The Morgan fingerprint density at radius 1 is 1.10 bits per heavy atom. The Kier molecular flexibility index (Phi) is 3.61. The highest BCUT2D eigenvalue weighted by molar-refractivity contribution is 5.81. The maximum atomic E-state index is 9.01. The Hall–Kier alpha value is -2.73. The molecule has 1 aromatic heterocycles. The topological polar surface area (TPSA) is 38.0 Å². The molecule has 104 valence electrons. The summed E-state index contributed by atoms with van der Waals surface area (Å²) in [6, 6.07) is 18.2. The van der Waals surface area contributed by atoms with Crippen LogP contribution in [0.5, 0.6) is 5.75 Å². The van der Waals surface area contributed by atoms with Crippen molar-refractivity contribution in [1.29, 1.82) is 5.26 Å². The number of nitriles is 1. The quantitative estimate of drug-likeness (QED) is 0.727. The van der Waals surface area contributed by atoms with Gasteiger partial charge in [-0.25, -0.2) is 0 Å². The molecule has 0 N–H and O–H groups in total. The maximum Gasteiger partial charge on any atom is 0.118 e. The van der Waals surface area contributed by atoms with Gasteiger partial charge in [-0.1, -0.05) is 18.2 Å². The van der Waals surface area contributed by atoms with Crippen LogP contribution in [0.1, 0.15) is 11.1 Å². The van der Waals surface area contributed by atoms with Crippen LogP contribution in [0.3, 0.4) is 0 Å². The minimum atomic E-state index is 0.701. The summed E-state index contributed by atoms with van der Waals surface area (Å²) < 4.78 is 7.36. The van der Waals surface area contributed by atoms with Gasteiger partial charge in [0.05, 0.1) is 18.7 Å². The first kappa shape index (κ1) is 13.3. The number of nitrogens with zero attached hydrogens (tertiary/aromatic N) is 2. The molecule has 3 rings (SSSR count). The van der Waals surface area contributed by atoms with E-state index in [0.29, 0.717) is 5.56 Å². The highest BCUT2D eigenvalue weighted by Gasteiger charge is 2.03. The van der Waals surface area contributed by atoms with Gasteiger partial charge < -0.3 is 9.30 Å². The fourth-order valence-electron chi connectivity index (χ4n) is 2.49. The van der Waals surface area contributed by atoms with Crippen molar-refractivity contribution in [3.8, 4) is 11.8 Å². The maximum absolute atomic E-state index is 9.01. The van der Waals surface area contributed by atoms with Crippen LogP contribution in [-0.2, 0) is 13.0 Å². The molecule has 0 spiro atoms. The van der Waals surface area contributed by atoms with E-state index in [0.717, 1.165) is 24.2 Å². The van der Waals surface area contributed by atoms with Crippen LogP contribution in [0, 0.1) is 11.3 Å². The van der Waals surface area contributed by atoms with E-state index in [2.05, 4.69) is 35.0 Å². The third kappa shape index (κ3) is 2.75. The Bertz CT molecular complexity index is 794. The van der Waals surface area contributed by atoms with Crippen LogP contribution in [0.15, 0.2) is 54.7 Å². The number of fused-ring (bicyclic) bond motifs is 1. The number of methoxy groups -OCH3 is 1. The van der Waals surface area contributed by atoms with Gasteiger partial charge >= 0.3 is 0 Å². The normalized spacial score (nSPS) is 10.5. The lowest BCUT2D eigenvalue weighted by Crippen LogP contribution is -2.00. The van der Waals surface area contributed by atoms with Crippen LogP contribution >= 0.6 is 0 Å². The third-order valence-electron chi connectivity index (χ3n) is 3.70. The molecule has 3 nitrogen and oxygen atoms in total. The highest BCUT2D eigenvalue weighted by atomic mass is 16.5. The Morgan fingerprint density at radius 2 is 1.90 bits per heavy atom. The zero-order chi connectivity index (χ0) is 14.7. The summed E-state index contributed by atoms with van der Waals surface area (Å²) in [5, 5.41) is 10.2. The van der Waals surface area contributed by atoms with Gasteiger partial charge in [-0.2, -0.15) is 5.26 Å². The summed E-state index contributed by atoms with van der Waals surface area (Å²) in [5.41, 5.74) is 3.09. The zero-order valence-corrected chi connectivity index (χ0v) is 11.9. The lowest BCUT2D eigenvalue weighted by Gasteiger charge is -2.07. The van der Waals surface area contributed by atoms with Gasteiger partial charge in [-0.05, 0) is 47.7 Å². The molecule has 0 saturated heterocycles. The first-order valence-electron chi connectivity index (χ1n) is 6.92. The van der Waals surface area contributed by atoms with Crippen LogP contribution in [0.4, 0.5) is 0 Å². The molecule has 3 heteroatoms. The van der Waals surface area contributed by atoms with E-state index in [9.17, 15) is 0 Å². The second-order valence-corrected chi connectivity index (χ2v) is 4.99. The number of aromatic nitrogens is 1. The molecule has 0 bridgehead atoms. The smallest absolute Gasteiger partial charge is 0.118 e. The summed E-state index contributed by atoms with van der Waals surface area (Å²) >= 11 is 0. The first-order valence-corrected chi connectivity index (χ1v) is 6.92. The molecule has 0 atom stereocenters. The molecule has 0 unspecified atom stereocenters. The van der Waals surface area contributed by atoms with Gasteiger partial charge in [0.2, 0.25) is 0 Å². The molecule has 0 aliphatic carbocycles. The molecule has 21 heavy (non-hydrogen) atoms. The van der Waals surface area contributed by atoms with E-state index >= 15 is 0 Å². The van der Waals surface area contributed by atoms with Crippen molar-refractivity contribution in [1.82, 2.24) is 4.57 Å². The number of aryl methyl sites for hydroxylation is 2. The molecule has 1 heterocycles. The van der Waals surface area contributed by atoms with Crippen molar-refractivity contribution in [3.05, 3.63) is 65.9 Å². The number of hydrogen-bond donors (Lipinski definition) is 0. The molecule has 0 fully saturated rings. The van der Waals surface area contributed by atoms with E-state index in [-0.39, 0.29) is 0 Å². The van der Waals surface area contributed by atoms with E-state index in [1.54, 1.807) is 7.11 Å². The second kappa shape index (κ2) is 5.72. The monoisotopic (exact) mass is 276 g/mol. The lowest BCUT2D eigenvalue weighted by atomic mass is 10.1. The van der Waals surface area contributed by atoms with Crippen molar-refractivity contribution in [2.45, 2.75) is 13.0 Å². The largest absolute Gasteiger partial charge is 0.497 e. The molecule has 0 aliphatic heterocycles. The van der Waals surface area contributed by atoms with Gasteiger partial charge in [0.25, 0.3) is 0 Å². The molecule has 0 radical (unpaired) electrons. The van der Waals surface area contributed by atoms with E-state index in [4.69, 9.17) is 10.00 Å². The van der Waals surface area contributed by atoms with Gasteiger partial charge in [0.15, 0.2) is 0 Å². The van der Waals surface area contributed by atoms with Crippen molar-refractivity contribution < 1.29 is 4.74 Å². The van der Waals surface area contributed by atoms with Crippen molar-refractivity contribution in [3.63, 3.8) is 0 Å². The third-order valence-corrected chi connectivity index (χ3v) is 3.70. The molecule has 2 aromatic carbocycles. The first-order chi connectivity index (χ1) is 10.3. The summed E-state index contributed by atoms with van der Waals surface area (Å²) in [4.78, 5) is 0. The van der Waals surface area contributed by atoms with Crippen molar-refractivity contribution in [2.24, 2.45) is 0 Å². The van der Waals surface area contributed by atoms with Gasteiger partial charge in [0.1, 0.15) is 5.75 Å². The SMILES string of the molecule is COc1ccc(CCn2ccc3ccc(C#N)cc32)cc1. The van der Waals surface area contributed by atoms with Gasteiger partial charge in [-0.15, -0.1) is 0 Å². The molecular weight excluding hydrogens is 260 g/mol. The number of rotatable bonds is 4. The van der Waals surface area contributed by atoms with Gasteiger partial charge in [0, 0.05) is 18.3 Å². The standard InChI is InChI=1S/C18H16N2O/c1-21-17-6-3-14(4-7-17)8-10-20-11-9-16-5-2-15(13-19)12-18(16)20/h2-7,9,11-12H,8,10H2,1H3. The fraction of sp³-hybridized carbons (Fsp3) is 0.167. The predicted molar refractivity (Wildman–Crippen MR) is 83.4 cm³/mol. The predicted octanol–water partition coefficient (Wildman–Crippen LogP) is 3.76. The van der Waals surface area contributed by atoms with E-state index in [1.807, 2.05) is 30.3 Å². The van der Waals surface area contributed by atoms with Crippen molar-refractivity contribution in [2.75, 3.05) is 7.11 Å². The molecule has 0 saturated carbocycles. The Balaban J connectivity index is 1.79. The number of benzene rings is 2. The summed E-state index contributed by atoms with van der Waals surface area (Å²) in [7, 11) is 1.67. The van der Waals surface area contributed by atoms with Crippen LogP contribution in [0.25, 0.3) is 10.9 Å². The summed E-state index contributed by atoms with van der Waals surface area (Å²) in [5.74, 6) is 0.879. The highest BCUT2D eigenvalue weighted by Crippen LogP contribution is 2.18. The molecule has 3 aromatic rings. The van der Waals surface area contributed by atoms with E-state index in [1.165, 1.54) is 10.9 Å². The Morgan fingerprint density at radius 3 is 2.62 bits per heavy atom. The summed E-state index contributed by atoms with van der Waals surface area (Å²) in [6.45, 7) is 0.894. The van der Waals surface area contributed by atoms with Crippen molar-refractivity contribution >= 4 is 10.9 Å². The van der Waals surface area contributed by atoms with Gasteiger partial charge in [-0.3, -0.25) is 0 Å². The average Bonchev–Trinajstić information content (AvgIpc) is 2.95. The van der Waals surface area contributed by atoms with Crippen LogP contribution in [-0.4, -0.2) is 11.7 Å². The van der Waals surface area contributed by atoms with Crippen LogP contribution < -0.4 is 4.74 Å². The number of ether oxygens (including phenoxy) is 1. The van der Waals surface area contributed by atoms with E-state index < -0.39 is 0 Å². The average molecular weight is 276 g/mol. The second-order valence-electron chi connectivity index (χ2n) is 4.99. The lowest BCUT2D eigenvalue weighted by molar-refractivity contribution is 0.414. The number of hydrogen-bond acceptors (Lipinski definition) is 2. The molecule has 0 aliphatic rings. The molecule has 0 amide bonds. The van der Waals surface area contributed by atoms with Crippen LogP contribution in [0.2, 0.25) is 0 Å². The molecular formula is C18H16N2O. The minimum absolute atomic E-state index is 0.701. The fourth-order valence-corrected chi connectivity index (χ4v) is 2.49. The summed E-state index contributed by atoms with van der Waals surface area (Å²) in [6.07, 6.45) is 3.03. The zero-order valence-electron chi connectivity index (χ0n) is 11.9. The minimum Gasteiger partial charge on any atom is -0.497 e. The Labute approximate surface area is 124 Å².